The number of rotatable bonds is 7. The molecule has 186 valence electrons. The quantitative estimate of drug-likeness (QED) is 0.556. The molecule has 2 aliphatic rings. The Hall–Kier alpha value is -3.33. The van der Waals surface area contributed by atoms with E-state index in [2.05, 4.69) is 10.3 Å². The highest BCUT2D eigenvalue weighted by Gasteiger charge is 2.44. The molecule has 2 amide bonds. The van der Waals surface area contributed by atoms with Gasteiger partial charge >= 0.3 is 5.97 Å². The second kappa shape index (κ2) is 10.9. The Balaban J connectivity index is 1.52. The number of carboxylic acids is 1. The molecule has 1 saturated heterocycles. The number of aromatic carboxylic acids is 1. The lowest BCUT2D eigenvalue weighted by Crippen LogP contribution is -2.48. The van der Waals surface area contributed by atoms with Crippen LogP contribution in [0.1, 0.15) is 53.9 Å². The Bertz CT molecular complexity index is 1040. The molecular formula is C26H31FN4O4. The first-order chi connectivity index (χ1) is 16.9. The average molecular weight is 483 g/mol. The van der Waals surface area contributed by atoms with Crippen molar-refractivity contribution < 1.29 is 23.9 Å². The molecule has 9 heteroatoms. The maximum atomic E-state index is 13.6. The Morgan fingerprint density at radius 2 is 1.80 bits per heavy atom. The highest BCUT2D eigenvalue weighted by molar-refractivity contribution is 5.98. The van der Waals surface area contributed by atoms with E-state index in [0.717, 1.165) is 5.56 Å². The van der Waals surface area contributed by atoms with Crippen molar-refractivity contribution in [1.82, 2.24) is 9.88 Å². The fourth-order valence-corrected chi connectivity index (χ4v) is 5.36. The Labute approximate surface area is 203 Å². The fraction of sp³-hybridized carbons (Fsp3) is 0.462. The topological polar surface area (TPSA) is 126 Å². The molecule has 8 nitrogen and oxygen atoms in total. The number of hydrogen-bond acceptors (Lipinski definition) is 5. The monoisotopic (exact) mass is 482 g/mol. The Morgan fingerprint density at radius 3 is 2.40 bits per heavy atom. The van der Waals surface area contributed by atoms with Gasteiger partial charge in [0.05, 0.1) is 5.56 Å². The van der Waals surface area contributed by atoms with Gasteiger partial charge in [0.25, 0.3) is 0 Å². The van der Waals surface area contributed by atoms with Gasteiger partial charge in [0, 0.05) is 30.6 Å². The van der Waals surface area contributed by atoms with E-state index in [-0.39, 0.29) is 40.9 Å². The van der Waals surface area contributed by atoms with Gasteiger partial charge in [-0.05, 0) is 55.7 Å². The number of pyridine rings is 1. The predicted molar refractivity (Wildman–Crippen MR) is 129 cm³/mol. The molecule has 2 fully saturated rings. The van der Waals surface area contributed by atoms with Crippen LogP contribution in [0, 0.1) is 11.8 Å². The van der Waals surface area contributed by atoms with Crippen LogP contribution >= 0.6 is 0 Å². The average Bonchev–Trinajstić information content (AvgIpc) is 3.34. The number of anilines is 1. The number of likely N-dealkylation sites (tertiary alicyclic amines) is 1. The number of nitrogens with zero attached hydrogens (tertiary/aromatic N) is 2. The molecule has 4 rings (SSSR count). The second-order valence-corrected chi connectivity index (χ2v) is 9.44. The molecule has 1 aromatic carbocycles. The number of benzene rings is 1. The molecule has 1 unspecified atom stereocenters. The summed E-state index contributed by atoms with van der Waals surface area (Å²) in [6.07, 6.45) is 4.51. The summed E-state index contributed by atoms with van der Waals surface area (Å²) in [5, 5.41) is 11.8. The van der Waals surface area contributed by atoms with Gasteiger partial charge in [-0.25, -0.2) is 14.2 Å². The van der Waals surface area contributed by atoms with E-state index in [1.54, 1.807) is 4.90 Å². The van der Waals surface area contributed by atoms with Gasteiger partial charge in [0.1, 0.15) is 18.5 Å². The molecule has 4 N–H and O–H groups in total. The van der Waals surface area contributed by atoms with Gasteiger partial charge in [-0.2, -0.15) is 0 Å². The van der Waals surface area contributed by atoms with E-state index in [1.165, 1.54) is 18.3 Å². The number of aromatic nitrogens is 1. The standard InChI is InChI=1S/C26H31FN4O4/c27-14-21(28)17-6-8-18(9-7-17)25(33)31-13-12-20(16-4-2-1-3-5-16)23(31)24(32)30-22-11-10-19(15-29-22)26(34)35/h1-5,10-11,15,17-18,20-21,23H,6-9,12-14,28H2,(H,34,35)(H,29,30,32)/t17-,18-,20-,21?,23+/m1/s1. The zero-order valence-electron chi connectivity index (χ0n) is 19.5. The lowest BCUT2D eigenvalue weighted by atomic mass is 9.78. The van der Waals surface area contributed by atoms with Crippen molar-refractivity contribution in [1.29, 1.82) is 0 Å². The predicted octanol–water partition coefficient (Wildman–Crippen LogP) is 3.21. The number of halogens is 1. The summed E-state index contributed by atoms with van der Waals surface area (Å²) in [6.45, 7) is -0.0936. The zero-order valence-corrected chi connectivity index (χ0v) is 19.5. The van der Waals surface area contributed by atoms with Crippen molar-refractivity contribution >= 4 is 23.6 Å². The summed E-state index contributed by atoms with van der Waals surface area (Å²) in [6, 6.07) is 11.3. The highest BCUT2D eigenvalue weighted by Crippen LogP contribution is 2.38. The molecule has 1 aliphatic carbocycles. The van der Waals surface area contributed by atoms with E-state index in [1.807, 2.05) is 30.3 Å². The van der Waals surface area contributed by atoms with Crippen LogP contribution in [0.4, 0.5) is 10.2 Å². The summed E-state index contributed by atoms with van der Waals surface area (Å²) in [4.78, 5) is 43.9. The summed E-state index contributed by atoms with van der Waals surface area (Å²) in [7, 11) is 0. The van der Waals surface area contributed by atoms with Crippen molar-refractivity contribution in [2.45, 2.75) is 50.1 Å². The molecule has 35 heavy (non-hydrogen) atoms. The first-order valence-corrected chi connectivity index (χ1v) is 12.1. The summed E-state index contributed by atoms with van der Waals surface area (Å²) >= 11 is 0. The van der Waals surface area contributed by atoms with Gasteiger partial charge in [-0.3, -0.25) is 9.59 Å². The van der Waals surface area contributed by atoms with Crippen LogP contribution in [0.15, 0.2) is 48.7 Å². The lowest BCUT2D eigenvalue weighted by molar-refractivity contribution is -0.141. The Kier molecular flexibility index (Phi) is 7.75. The molecule has 2 aromatic rings. The minimum atomic E-state index is -1.10. The Morgan fingerprint density at radius 1 is 1.09 bits per heavy atom. The largest absolute Gasteiger partial charge is 0.478 e. The van der Waals surface area contributed by atoms with E-state index in [9.17, 15) is 18.8 Å². The number of nitrogens with one attached hydrogen (secondary N) is 1. The number of carbonyl (C=O) groups is 3. The van der Waals surface area contributed by atoms with Gasteiger partial charge in [0.15, 0.2) is 0 Å². The molecule has 1 saturated carbocycles. The molecule has 1 aliphatic heterocycles. The van der Waals surface area contributed by atoms with Crippen molar-refractivity contribution in [2.75, 3.05) is 18.5 Å². The number of carbonyl (C=O) groups excluding carboxylic acids is 2. The summed E-state index contributed by atoms with van der Waals surface area (Å²) in [5.74, 6) is -1.58. The second-order valence-electron chi connectivity index (χ2n) is 9.44. The lowest BCUT2D eigenvalue weighted by Gasteiger charge is -2.34. The summed E-state index contributed by atoms with van der Waals surface area (Å²) in [5.41, 5.74) is 6.87. The maximum Gasteiger partial charge on any atom is 0.337 e. The van der Waals surface area contributed by atoms with Gasteiger partial charge in [-0.1, -0.05) is 30.3 Å². The minimum absolute atomic E-state index is 0.0194. The third-order valence-electron chi connectivity index (χ3n) is 7.34. The minimum Gasteiger partial charge on any atom is -0.478 e. The first kappa shape index (κ1) is 24.8. The van der Waals surface area contributed by atoms with Crippen LogP contribution < -0.4 is 11.1 Å². The molecule has 1 aromatic heterocycles. The zero-order chi connectivity index (χ0) is 24.9. The van der Waals surface area contributed by atoms with Gasteiger partial charge in [-0.15, -0.1) is 0 Å². The molecule has 0 bridgehead atoms. The number of amides is 2. The van der Waals surface area contributed by atoms with Crippen LogP contribution in [0.25, 0.3) is 0 Å². The highest BCUT2D eigenvalue weighted by atomic mass is 19.1. The SMILES string of the molecule is NC(CF)[C@H]1CC[C@H](C(=O)N2CC[C@H](c3ccccc3)[C@H]2C(=O)Nc2ccc(C(=O)O)cn2)CC1. The van der Waals surface area contributed by atoms with Crippen LogP contribution in [0.5, 0.6) is 0 Å². The summed E-state index contributed by atoms with van der Waals surface area (Å²) < 4.78 is 13.0. The van der Waals surface area contributed by atoms with Crippen molar-refractivity contribution in [3.8, 4) is 0 Å². The van der Waals surface area contributed by atoms with Crippen molar-refractivity contribution in [3.05, 3.63) is 59.8 Å². The van der Waals surface area contributed by atoms with Gasteiger partial charge in [0.2, 0.25) is 11.8 Å². The van der Waals surface area contributed by atoms with Gasteiger partial charge < -0.3 is 21.1 Å². The molecule has 0 spiro atoms. The van der Waals surface area contributed by atoms with Crippen molar-refractivity contribution in [3.63, 3.8) is 0 Å². The number of hydrogen-bond donors (Lipinski definition) is 3. The number of carboxylic acid groups (broad SMARTS) is 1. The molecular weight excluding hydrogens is 451 g/mol. The molecule has 0 radical (unpaired) electrons. The normalized spacial score (nSPS) is 25.1. The molecule has 3 atom stereocenters. The third kappa shape index (κ3) is 5.51. The number of nitrogens with two attached hydrogens (primary N) is 1. The fourth-order valence-electron chi connectivity index (χ4n) is 5.36. The van der Waals surface area contributed by atoms with E-state index >= 15 is 0 Å². The molecule has 2 heterocycles. The van der Waals surface area contributed by atoms with Crippen molar-refractivity contribution in [2.24, 2.45) is 17.6 Å². The third-order valence-corrected chi connectivity index (χ3v) is 7.34. The number of alkyl halides is 1. The maximum absolute atomic E-state index is 13.6. The van der Waals surface area contributed by atoms with E-state index in [0.29, 0.717) is 38.6 Å². The van der Waals surface area contributed by atoms with E-state index < -0.39 is 24.7 Å². The van der Waals surface area contributed by atoms with E-state index in [4.69, 9.17) is 10.8 Å². The van der Waals surface area contributed by atoms with Crippen LogP contribution in [0.3, 0.4) is 0 Å². The first-order valence-electron chi connectivity index (χ1n) is 12.1. The van der Waals surface area contributed by atoms with Crippen LogP contribution in [-0.2, 0) is 9.59 Å². The smallest absolute Gasteiger partial charge is 0.337 e. The van der Waals surface area contributed by atoms with Crippen LogP contribution in [0.2, 0.25) is 0 Å². The van der Waals surface area contributed by atoms with Crippen LogP contribution in [-0.4, -0.2) is 58.1 Å².